The Morgan fingerprint density at radius 2 is 2.12 bits per heavy atom. The maximum atomic E-state index is 11.0. The molecule has 0 aromatic heterocycles. The average Bonchev–Trinajstić information content (AvgIpc) is 2.15. The van der Waals surface area contributed by atoms with Crippen LogP contribution < -0.4 is 10.5 Å². The van der Waals surface area contributed by atoms with Gasteiger partial charge in [-0.2, -0.15) is 0 Å². The van der Waals surface area contributed by atoms with Gasteiger partial charge in [-0.05, 0) is 19.1 Å². The maximum absolute atomic E-state index is 11.0. The van der Waals surface area contributed by atoms with E-state index in [1.807, 2.05) is 19.1 Å². The summed E-state index contributed by atoms with van der Waals surface area (Å²) in [5.41, 5.74) is 6.67. The van der Waals surface area contributed by atoms with Crippen LogP contribution in [-0.4, -0.2) is 27.0 Å². The molecule has 2 N–H and O–H groups in total. The quantitative estimate of drug-likeness (QED) is 0.899. The number of nitrogens with two attached hydrogens (primary N) is 1. The zero-order valence-electron chi connectivity index (χ0n) is 9.81. The van der Waals surface area contributed by atoms with E-state index in [-0.39, 0.29) is 18.4 Å². The van der Waals surface area contributed by atoms with Gasteiger partial charge in [-0.25, -0.2) is 8.42 Å². The molecule has 0 fully saturated rings. The molecule has 1 aromatic carbocycles. The van der Waals surface area contributed by atoms with Crippen LogP contribution in [0.4, 0.5) is 0 Å². The summed E-state index contributed by atoms with van der Waals surface area (Å²) in [6.45, 7) is 1.99. The molecule has 0 saturated carbocycles. The zero-order chi connectivity index (χ0) is 13.1. The summed E-state index contributed by atoms with van der Waals surface area (Å²) in [5, 5.41) is 0. The fourth-order valence-electron chi connectivity index (χ4n) is 1.31. The fourth-order valence-corrected chi connectivity index (χ4v) is 2.04. The molecule has 1 aromatic rings. The predicted molar refractivity (Wildman–Crippen MR) is 72.0 cm³/mol. The molecule has 1 unspecified atom stereocenters. The minimum absolute atomic E-state index is 0.00208. The van der Waals surface area contributed by atoms with E-state index in [9.17, 15) is 8.42 Å². The molecule has 17 heavy (non-hydrogen) atoms. The lowest BCUT2D eigenvalue weighted by molar-refractivity contribution is 0.335. The van der Waals surface area contributed by atoms with Gasteiger partial charge >= 0.3 is 0 Å². The van der Waals surface area contributed by atoms with Crippen molar-refractivity contribution in [2.45, 2.75) is 13.0 Å². The van der Waals surface area contributed by atoms with Crippen molar-refractivity contribution in [1.29, 1.82) is 0 Å². The standard InChI is InChI=1S/C11H16BrNO3S/c1-8(13)10-4-3-9(12)7-11(10)16-5-6-17(2,14)15/h3-4,7-8H,5-6,13H2,1-2H3. The number of ether oxygens (including phenoxy) is 1. The van der Waals surface area contributed by atoms with E-state index in [0.717, 1.165) is 10.0 Å². The molecular weight excluding hydrogens is 306 g/mol. The first-order valence-corrected chi connectivity index (χ1v) is 8.00. The molecule has 0 radical (unpaired) electrons. The Kier molecular flexibility index (Phi) is 4.97. The van der Waals surface area contributed by atoms with Crippen LogP contribution in [0.15, 0.2) is 22.7 Å². The van der Waals surface area contributed by atoms with E-state index in [2.05, 4.69) is 15.9 Å². The Morgan fingerprint density at radius 3 is 2.65 bits per heavy atom. The number of halogens is 1. The van der Waals surface area contributed by atoms with Crippen molar-refractivity contribution < 1.29 is 13.2 Å². The largest absolute Gasteiger partial charge is 0.492 e. The van der Waals surface area contributed by atoms with Crippen molar-refractivity contribution in [2.75, 3.05) is 18.6 Å². The molecular formula is C11H16BrNO3S. The lowest BCUT2D eigenvalue weighted by Crippen LogP contribution is -2.14. The summed E-state index contributed by atoms with van der Waals surface area (Å²) in [4.78, 5) is 0. The molecule has 0 heterocycles. The second-order valence-electron chi connectivity index (χ2n) is 3.95. The lowest BCUT2D eigenvalue weighted by atomic mass is 10.1. The van der Waals surface area contributed by atoms with Gasteiger partial charge in [0.05, 0.1) is 5.75 Å². The number of hydrogen-bond donors (Lipinski definition) is 1. The maximum Gasteiger partial charge on any atom is 0.150 e. The highest BCUT2D eigenvalue weighted by atomic mass is 79.9. The number of rotatable bonds is 5. The Morgan fingerprint density at radius 1 is 1.47 bits per heavy atom. The monoisotopic (exact) mass is 321 g/mol. The summed E-state index contributed by atoms with van der Waals surface area (Å²) in [6, 6.07) is 5.38. The van der Waals surface area contributed by atoms with Crippen molar-refractivity contribution in [1.82, 2.24) is 0 Å². The van der Waals surface area contributed by atoms with Gasteiger partial charge in [0.25, 0.3) is 0 Å². The SMILES string of the molecule is CC(N)c1ccc(Br)cc1OCCS(C)(=O)=O. The van der Waals surface area contributed by atoms with Gasteiger partial charge < -0.3 is 10.5 Å². The minimum atomic E-state index is -3.01. The third-order valence-corrected chi connectivity index (χ3v) is 3.58. The molecule has 96 valence electrons. The predicted octanol–water partition coefficient (Wildman–Crippen LogP) is 1.89. The highest BCUT2D eigenvalue weighted by Crippen LogP contribution is 2.27. The van der Waals surface area contributed by atoms with E-state index < -0.39 is 9.84 Å². The molecule has 6 heteroatoms. The molecule has 0 spiro atoms. The van der Waals surface area contributed by atoms with Gasteiger partial charge in [0, 0.05) is 22.3 Å². The number of sulfone groups is 1. The van der Waals surface area contributed by atoms with E-state index >= 15 is 0 Å². The van der Waals surface area contributed by atoms with E-state index in [0.29, 0.717) is 5.75 Å². The van der Waals surface area contributed by atoms with Crippen LogP contribution in [0.5, 0.6) is 5.75 Å². The molecule has 1 rings (SSSR count). The normalized spacial score (nSPS) is 13.4. The first-order chi connectivity index (χ1) is 7.79. The second-order valence-corrected chi connectivity index (χ2v) is 7.12. The second kappa shape index (κ2) is 5.84. The molecule has 0 bridgehead atoms. The molecule has 0 aliphatic heterocycles. The number of hydrogen-bond acceptors (Lipinski definition) is 4. The van der Waals surface area contributed by atoms with Crippen LogP contribution in [0.1, 0.15) is 18.5 Å². The van der Waals surface area contributed by atoms with Crippen LogP contribution in [0.3, 0.4) is 0 Å². The van der Waals surface area contributed by atoms with Gasteiger partial charge in [0.1, 0.15) is 12.4 Å². The summed E-state index contributed by atoms with van der Waals surface area (Å²) in [5.74, 6) is 0.621. The van der Waals surface area contributed by atoms with Crippen molar-refractivity contribution in [2.24, 2.45) is 5.73 Å². The molecule has 4 nitrogen and oxygen atoms in total. The van der Waals surface area contributed by atoms with Crippen molar-refractivity contribution in [3.63, 3.8) is 0 Å². The molecule has 1 atom stereocenters. The molecule has 0 aliphatic rings. The minimum Gasteiger partial charge on any atom is -0.492 e. The van der Waals surface area contributed by atoms with Gasteiger partial charge in [0.2, 0.25) is 0 Å². The van der Waals surface area contributed by atoms with Crippen molar-refractivity contribution in [3.8, 4) is 5.75 Å². The third kappa shape index (κ3) is 5.06. The van der Waals surface area contributed by atoms with Gasteiger partial charge in [-0.15, -0.1) is 0 Å². The Bertz CT molecular complexity index is 485. The van der Waals surface area contributed by atoms with Crippen LogP contribution in [-0.2, 0) is 9.84 Å². The Balaban J connectivity index is 2.79. The van der Waals surface area contributed by atoms with Gasteiger partial charge in [-0.3, -0.25) is 0 Å². The zero-order valence-corrected chi connectivity index (χ0v) is 12.2. The lowest BCUT2D eigenvalue weighted by Gasteiger charge is -2.14. The summed E-state index contributed by atoms with van der Waals surface area (Å²) in [6.07, 6.45) is 1.18. The van der Waals surface area contributed by atoms with Crippen LogP contribution in [0, 0.1) is 0 Å². The Hall–Kier alpha value is -0.590. The summed E-state index contributed by atoms with van der Waals surface area (Å²) < 4.78 is 28.3. The van der Waals surface area contributed by atoms with Crippen molar-refractivity contribution >= 4 is 25.8 Å². The molecule has 0 aliphatic carbocycles. The highest BCUT2D eigenvalue weighted by molar-refractivity contribution is 9.10. The van der Waals surface area contributed by atoms with Gasteiger partial charge in [-0.1, -0.05) is 22.0 Å². The molecule has 0 amide bonds. The summed E-state index contributed by atoms with van der Waals surface area (Å²) >= 11 is 3.34. The molecule has 0 saturated heterocycles. The van der Waals surface area contributed by atoms with Gasteiger partial charge in [0.15, 0.2) is 9.84 Å². The third-order valence-electron chi connectivity index (χ3n) is 2.18. The average molecular weight is 322 g/mol. The van der Waals surface area contributed by atoms with Crippen molar-refractivity contribution in [3.05, 3.63) is 28.2 Å². The summed E-state index contributed by atoms with van der Waals surface area (Å²) in [7, 11) is -3.01. The van der Waals surface area contributed by atoms with E-state index in [4.69, 9.17) is 10.5 Å². The first-order valence-electron chi connectivity index (χ1n) is 5.15. The highest BCUT2D eigenvalue weighted by Gasteiger charge is 2.10. The Labute approximate surface area is 110 Å². The fraction of sp³-hybridized carbons (Fsp3) is 0.455. The van der Waals surface area contributed by atoms with E-state index in [1.165, 1.54) is 6.26 Å². The topological polar surface area (TPSA) is 69.4 Å². The van der Waals surface area contributed by atoms with Crippen LogP contribution in [0.25, 0.3) is 0 Å². The van der Waals surface area contributed by atoms with Crippen LogP contribution in [0.2, 0.25) is 0 Å². The number of benzene rings is 1. The first kappa shape index (κ1) is 14.5. The van der Waals surface area contributed by atoms with Crippen LogP contribution >= 0.6 is 15.9 Å². The van der Waals surface area contributed by atoms with E-state index in [1.54, 1.807) is 6.07 Å². The smallest absolute Gasteiger partial charge is 0.150 e.